The molecule has 2 rings (SSSR count). The second-order valence-electron chi connectivity index (χ2n) is 7.37. The molecule has 2 unspecified atom stereocenters. The third kappa shape index (κ3) is 5.84. The molecule has 0 amide bonds. The fraction of sp³-hybridized carbons (Fsp3) is 0.667. The van der Waals surface area contributed by atoms with Gasteiger partial charge in [-0.25, -0.2) is 0 Å². The molecule has 0 saturated heterocycles. The Morgan fingerprint density at radius 1 is 1.29 bits per heavy atom. The van der Waals surface area contributed by atoms with E-state index < -0.39 is 0 Å². The van der Waals surface area contributed by atoms with Crippen LogP contribution in [0.3, 0.4) is 0 Å². The maximum Gasteiger partial charge on any atom is 0.0417 e. The molecule has 0 heterocycles. The zero-order valence-corrected chi connectivity index (χ0v) is 15.3. The summed E-state index contributed by atoms with van der Waals surface area (Å²) in [5.41, 5.74) is 1.51. The van der Waals surface area contributed by atoms with E-state index in [4.69, 9.17) is 11.6 Å². The van der Waals surface area contributed by atoms with Gasteiger partial charge < -0.3 is 5.32 Å². The van der Waals surface area contributed by atoms with Crippen molar-refractivity contribution in [3.63, 3.8) is 0 Å². The van der Waals surface area contributed by atoms with Crippen LogP contribution in [-0.2, 0) is 6.54 Å². The van der Waals surface area contributed by atoms with Gasteiger partial charge in [0, 0.05) is 27.3 Å². The van der Waals surface area contributed by atoms with Crippen LogP contribution >= 0.6 is 23.4 Å². The molecule has 2 atom stereocenters. The van der Waals surface area contributed by atoms with E-state index in [0.717, 1.165) is 22.7 Å². The normalized spacial score (nSPS) is 23.3. The fourth-order valence-corrected chi connectivity index (χ4v) is 4.60. The summed E-state index contributed by atoms with van der Waals surface area (Å²) < 4.78 is 0. The molecule has 0 radical (unpaired) electrons. The minimum atomic E-state index is 0.140. The zero-order chi connectivity index (χ0) is 15.5. The van der Waals surface area contributed by atoms with Gasteiger partial charge in [-0.3, -0.25) is 0 Å². The molecule has 1 aliphatic carbocycles. The van der Waals surface area contributed by atoms with Gasteiger partial charge in [0.1, 0.15) is 0 Å². The number of rotatable bonds is 4. The average Bonchev–Trinajstić information content (AvgIpc) is 2.36. The first-order chi connectivity index (χ1) is 9.83. The van der Waals surface area contributed by atoms with E-state index >= 15 is 0 Å². The molecular formula is C18H28ClNS. The van der Waals surface area contributed by atoms with E-state index in [9.17, 15) is 0 Å². The molecule has 0 aromatic heterocycles. The van der Waals surface area contributed by atoms with Gasteiger partial charge in [0.15, 0.2) is 0 Å². The van der Waals surface area contributed by atoms with Gasteiger partial charge >= 0.3 is 0 Å². The van der Waals surface area contributed by atoms with Crippen LogP contribution in [0, 0.1) is 5.92 Å². The van der Waals surface area contributed by atoms with Crippen LogP contribution < -0.4 is 5.32 Å². The topological polar surface area (TPSA) is 12.0 Å². The highest BCUT2D eigenvalue weighted by atomic mass is 35.5. The van der Waals surface area contributed by atoms with Crippen molar-refractivity contribution in [2.75, 3.05) is 0 Å². The minimum Gasteiger partial charge on any atom is -0.308 e. The summed E-state index contributed by atoms with van der Waals surface area (Å²) in [6.45, 7) is 9.91. The van der Waals surface area contributed by atoms with Crippen LogP contribution in [-0.4, -0.2) is 10.8 Å². The third-order valence-corrected chi connectivity index (χ3v) is 5.65. The molecule has 1 fully saturated rings. The molecule has 1 saturated carbocycles. The Bertz CT molecular complexity index is 467. The Labute approximate surface area is 139 Å². The Morgan fingerprint density at radius 3 is 2.71 bits per heavy atom. The van der Waals surface area contributed by atoms with Crippen molar-refractivity contribution in [3.05, 3.63) is 28.8 Å². The van der Waals surface area contributed by atoms with Crippen molar-refractivity contribution in [2.24, 2.45) is 5.92 Å². The van der Waals surface area contributed by atoms with E-state index in [1.54, 1.807) is 0 Å². The molecule has 1 N–H and O–H groups in total. The number of thioether (sulfide) groups is 1. The summed E-state index contributed by atoms with van der Waals surface area (Å²) in [6, 6.07) is 6.33. The molecule has 118 valence electrons. The fourth-order valence-electron chi connectivity index (χ4n) is 2.81. The predicted molar refractivity (Wildman–Crippen MR) is 95.3 cm³/mol. The molecule has 0 spiro atoms. The van der Waals surface area contributed by atoms with E-state index in [1.807, 2.05) is 17.8 Å². The van der Waals surface area contributed by atoms with Crippen molar-refractivity contribution in [1.82, 2.24) is 5.32 Å². The molecule has 1 aromatic carbocycles. The third-order valence-electron chi connectivity index (χ3n) is 4.02. The summed E-state index contributed by atoms with van der Waals surface area (Å²) in [7, 11) is 0. The van der Waals surface area contributed by atoms with Crippen molar-refractivity contribution >= 4 is 23.4 Å². The maximum atomic E-state index is 6.22. The standard InChI is InChI=1S/C18H28ClNS/c1-13-6-5-7-16(10-13)21-17-11-15(19)9-8-14(17)12-20-18(2,3)4/h8-9,11,13,16,20H,5-7,10,12H2,1-4H3. The van der Waals surface area contributed by atoms with Crippen LogP contribution in [0.2, 0.25) is 5.02 Å². The van der Waals surface area contributed by atoms with Gasteiger partial charge in [0.2, 0.25) is 0 Å². The summed E-state index contributed by atoms with van der Waals surface area (Å²) in [5.74, 6) is 0.867. The van der Waals surface area contributed by atoms with E-state index in [-0.39, 0.29) is 5.54 Å². The van der Waals surface area contributed by atoms with Crippen LogP contribution in [0.5, 0.6) is 0 Å². The van der Waals surface area contributed by atoms with Crippen molar-refractivity contribution < 1.29 is 0 Å². The largest absolute Gasteiger partial charge is 0.308 e. The number of benzene rings is 1. The first-order valence-electron chi connectivity index (χ1n) is 8.03. The highest BCUT2D eigenvalue weighted by molar-refractivity contribution is 8.00. The van der Waals surface area contributed by atoms with Gasteiger partial charge in [-0.15, -0.1) is 11.8 Å². The molecule has 1 aromatic rings. The quantitative estimate of drug-likeness (QED) is 0.739. The SMILES string of the molecule is CC1CCCC(Sc2cc(Cl)ccc2CNC(C)(C)C)C1. The molecular weight excluding hydrogens is 298 g/mol. The highest BCUT2D eigenvalue weighted by Crippen LogP contribution is 2.38. The van der Waals surface area contributed by atoms with Gasteiger partial charge in [-0.05, 0) is 57.2 Å². The number of hydrogen-bond donors (Lipinski definition) is 1. The van der Waals surface area contributed by atoms with E-state index in [0.29, 0.717) is 0 Å². The minimum absolute atomic E-state index is 0.140. The van der Waals surface area contributed by atoms with Crippen LogP contribution in [0.4, 0.5) is 0 Å². The Hall–Kier alpha value is -0.180. The zero-order valence-electron chi connectivity index (χ0n) is 13.7. The van der Waals surface area contributed by atoms with Crippen molar-refractivity contribution in [1.29, 1.82) is 0 Å². The number of halogens is 1. The lowest BCUT2D eigenvalue weighted by atomic mass is 9.91. The second kappa shape index (κ2) is 7.39. The van der Waals surface area contributed by atoms with Gasteiger partial charge in [-0.2, -0.15) is 0 Å². The van der Waals surface area contributed by atoms with Gasteiger partial charge in [0.25, 0.3) is 0 Å². The van der Waals surface area contributed by atoms with E-state index in [1.165, 1.54) is 36.1 Å². The Morgan fingerprint density at radius 2 is 2.05 bits per heavy atom. The van der Waals surface area contributed by atoms with Crippen LogP contribution in [0.15, 0.2) is 23.1 Å². The summed E-state index contributed by atoms with van der Waals surface area (Å²) in [6.07, 6.45) is 5.44. The number of hydrogen-bond acceptors (Lipinski definition) is 2. The van der Waals surface area contributed by atoms with Crippen molar-refractivity contribution in [3.8, 4) is 0 Å². The van der Waals surface area contributed by atoms with Gasteiger partial charge in [-0.1, -0.05) is 37.4 Å². The molecule has 0 aliphatic heterocycles. The average molecular weight is 326 g/mol. The van der Waals surface area contributed by atoms with Gasteiger partial charge in [0.05, 0.1) is 0 Å². The lowest BCUT2D eigenvalue weighted by molar-refractivity contribution is 0.394. The summed E-state index contributed by atoms with van der Waals surface area (Å²) in [4.78, 5) is 1.36. The number of nitrogens with one attached hydrogen (secondary N) is 1. The molecule has 1 nitrogen and oxygen atoms in total. The molecule has 21 heavy (non-hydrogen) atoms. The summed E-state index contributed by atoms with van der Waals surface area (Å²) in [5, 5.41) is 5.19. The molecule has 3 heteroatoms. The monoisotopic (exact) mass is 325 g/mol. The molecule has 1 aliphatic rings. The lowest BCUT2D eigenvalue weighted by Gasteiger charge is -2.27. The molecule has 0 bridgehead atoms. The first-order valence-corrected chi connectivity index (χ1v) is 9.29. The highest BCUT2D eigenvalue weighted by Gasteiger charge is 2.21. The van der Waals surface area contributed by atoms with Crippen LogP contribution in [0.1, 0.15) is 58.9 Å². The second-order valence-corrected chi connectivity index (χ2v) is 9.15. The Balaban J connectivity index is 2.07. The predicted octanol–water partition coefficient (Wildman–Crippen LogP) is 5.90. The van der Waals surface area contributed by atoms with Crippen LogP contribution in [0.25, 0.3) is 0 Å². The Kier molecular flexibility index (Phi) is 6.05. The smallest absolute Gasteiger partial charge is 0.0417 e. The maximum absolute atomic E-state index is 6.22. The van der Waals surface area contributed by atoms with Crippen molar-refractivity contribution in [2.45, 2.75) is 75.6 Å². The lowest BCUT2D eigenvalue weighted by Crippen LogP contribution is -2.35. The summed E-state index contributed by atoms with van der Waals surface area (Å²) >= 11 is 8.25. The first kappa shape index (κ1) is 17.2. The van der Waals surface area contributed by atoms with E-state index in [2.05, 4.69) is 45.1 Å².